The van der Waals surface area contributed by atoms with Crippen LogP contribution in [0.25, 0.3) is 6.08 Å². The number of hydrogen-bond acceptors (Lipinski definition) is 7. The average Bonchev–Trinajstić information content (AvgIpc) is 3.50. The van der Waals surface area contributed by atoms with Crippen LogP contribution in [0.1, 0.15) is 35.7 Å². The number of nitrogens with one attached hydrogen (secondary N) is 2. The molecule has 0 aliphatic carbocycles. The highest BCUT2D eigenvalue weighted by molar-refractivity contribution is 6.11. The van der Waals surface area contributed by atoms with Gasteiger partial charge in [0.1, 0.15) is 5.75 Å². The van der Waals surface area contributed by atoms with E-state index in [9.17, 15) is 9.59 Å². The van der Waals surface area contributed by atoms with Crippen molar-refractivity contribution in [2.75, 3.05) is 32.9 Å². The smallest absolute Gasteiger partial charge is 0.241 e. The van der Waals surface area contributed by atoms with Crippen molar-refractivity contribution in [3.05, 3.63) is 47.0 Å². The van der Waals surface area contributed by atoms with Gasteiger partial charge in [0.2, 0.25) is 18.4 Å². The molecule has 8 heteroatoms. The standard InChI is InChI=1S/C24H26N2O6/c1-14(22(27)16-11-20(30-3)23-21(12-16)31-13-32-23)9-15-6-7-19(29-2)18(10-15)26-24(28)17-5-4-8-25-17/h6-7,9-12,17,25H,4-5,8,13H2,1-3H3,(H,26,28)/b14-9+. The highest BCUT2D eigenvalue weighted by Gasteiger charge is 2.24. The maximum atomic E-state index is 13.1. The summed E-state index contributed by atoms with van der Waals surface area (Å²) in [5.41, 5.74) is 2.28. The van der Waals surface area contributed by atoms with Gasteiger partial charge in [-0.25, -0.2) is 0 Å². The third-order valence-electron chi connectivity index (χ3n) is 5.52. The van der Waals surface area contributed by atoms with Gasteiger partial charge in [-0.05, 0) is 67.8 Å². The average molecular weight is 438 g/mol. The first-order chi connectivity index (χ1) is 15.5. The molecule has 2 aliphatic rings. The molecule has 1 fully saturated rings. The van der Waals surface area contributed by atoms with Crippen molar-refractivity contribution < 1.29 is 28.5 Å². The maximum Gasteiger partial charge on any atom is 0.241 e. The van der Waals surface area contributed by atoms with Crippen molar-refractivity contribution in [1.29, 1.82) is 0 Å². The number of Topliss-reactive ketones (excluding diaryl/α,β-unsaturated/α-hetero) is 1. The quantitative estimate of drug-likeness (QED) is 0.505. The van der Waals surface area contributed by atoms with Crippen LogP contribution in [0.2, 0.25) is 0 Å². The third kappa shape index (κ3) is 4.40. The summed E-state index contributed by atoms with van der Waals surface area (Å²) in [6.45, 7) is 2.67. The summed E-state index contributed by atoms with van der Waals surface area (Å²) in [6, 6.07) is 8.48. The van der Waals surface area contributed by atoms with Crippen molar-refractivity contribution in [2.45, 2.75) is 25.8 Å². The molecule has 2 aromatic rings. The second-order valence-corrected chi connectivity index (χ2v) is 7.67. The molecule has 2 aliphatic heterocycles. The van der Waals surface area contributed by atoms with Crippen LogP contribution in [0.3, 0.4) is 0 Å². The van der Waals surface area contributed by atoms with Gasteiger partial charge >= 0.3 is 0 Å². The van der Waals surface area contributed by atoms with E-state index in [2.05, 4.69) is 10.6 Å². The minimum atomic E-state index is -0.205. The summed E-state index contributed by atoms with van der Waals surface area (Å²) >= 11 is 0. The molecular weight excluding hydrogens is 412 g/mol. The number of carbonyl (C=O) groups is 2. The van der Waals surface area contributed by atoms with Gasteiger partial charge in [0.15, 0.2) is 17.3 Å². The van der Waals surface area contributed by atoms with E-state index in [-0.39, 0.29) is 24.5 Å². The molecule has 1 unspecified atom stereocenters. The van der Waals surface area contributed by atoms with Crippen molar-refractivity contribution in [2.24, 2.45) is 0 Å². The number of anilines is 1. The van der Waals surface area contributed by atoms with E-state index >= 15 is 0 Å². The summed E-state index contributed by atoms with van der Waals surface area (Å²) in [4.78, 5) is 25.6. The Morgan fingerprint density at radius 2 is 1.94 bits per heavy atom. The van der Waals surface area contributed by atoms with Crippen LogP contribution >= 0.6 is 0 Å². The minimum absolute atomic E-state index is 0.0921. The Morgan fingerprint density at radius 3 is 2.66 bits per heavy atom. The number of benzene rings is 2. The number of allylic oxidation sites excluding steroid dienone is 1. The summed E-state index contributed by atoms with van der Waals surface area (Å²) in [5.74, 6) is 1.72. The molecule has 0 radical (unpaired) electrons. The van der Waals surface area contributed by atoms with Crippen molar-refractivity contribution >= 4 is 23.5 Å². The fourth-order valence-corrected chi connectivity index (χ4v) is 3.85. The van der Waals surface area contributed by atoms with Crippen LogP contribution in [0.4, 0.5) is 5.69 Å². The monoisotopic (exact) mass is 438 g/mol. The molecule has 2 heterocycles. The van der Waals surface area contributed by atoms with E-state index in [1.54, 1.807) is 44.4 Å². The molecule has 168 valence electrons. The fraction of sp³-hybridized carbons (Fsp3) is 0.333. The Hall–Kier alpha value is -3.52. The number of rotatable bonds is 7. The lowest BCUT2D eigenvalue weighted by Crippen LogP contribution is -2.35. The van der Waals surface area contributed by atoms with Gasteiger partial charge < -0.3 is 29.6 Å². The molecule has 2 N–H and O–H groups in total. The third-order valence-corrected chi connectivity index (χ3v) is 5.52. The topological polar surface area (TPSA) is 95.1 Å². The molecule has 2 aromatic carbocycles. The van der Waals surface area contributed by atoms with Crippen LogP contribution in [0, 0.1) is 0 Å². The lowest BCUT2D eigenvalue weighted by atomic mass is 10.0. The van der Waals surface area contributed by atoms with Crippen LogP contribution < -0.4 is 29.6 Å². The highest BCUT2D eigenvalue weighted by Crippen LogP contribution is 2.42. The number of hydrogen-bond donors (Lipinski definition) is 2. The van der Waals surface area contributed by atoms with Crippen LogP contribution in [0.15, 0.2) is 35.9 Å². The Bertz CT molecular complexity index is 1070. The Kier molecular flexibility index (Phi) is 6.32. The molecule has 8 nitrogen and oxygen atoms in total. The molecule has 1 saturated heterocycles. The van der Waals surface area contributed by atoms with Crippen molar-refractivity contribution in [3.63, 3.8) is 0 Å². The van der Waals surface area contributed by atoms with Gasteiger partial charge in [-0.3, -0.25) is 9.59 Å². The van der Waals surface area contributed by atoms with E-state index in [1.807, 2.05) is 6.07 Å². The first-order valence-corrected chi connectivity index (χ1v) is 10.4. The van der Waals surface area contributed by atoms with Crippen LogP contribution in [-0.4, -0.2) is 45.3 Å². The lowest BCUT2D eigenvalue weighted by molar-refractivity contribution is -0.117. The molecule has 1 atom stereocenters. The highest BCUT2D eigenvalue weighted by atomic mass is 16.7. The maximum absolute atomic E-state index is 13.1. The Morgan fingerprint density at radius 1 is 1.12 bits per heavy atom. The normalized spacial score (nSPS) is 17.2. The summed E-state index contributed by atoms with van der Waals surface area (Å²) in [7, 11) is 3.07. The van der Waals surface area contributed by atoms with Gasteiger partial charge in [0.25, 0.3) is 0 Å². The number of methoxy groups -OCH3 is 2. The predicted molar refractivity (Wildman–Crippen MR) is 120 cm³/mol. The van der Waals surface area contributed by atoms with Gasteiger partial charge in [0, 0.05) is 5.56 Å². The zero-order valence-corrected chi connectivity index (χ0v) is 18.3. The van der Waals surface area contributed by atoms with Gasteiger partial charge in [-0.1, -0.05) is 6.07 Å². The minimum Gasteiger partial charge on any atom is -0.495 e. The van der Waals surface area contributed by atoms with E-state index in [0.717, 1.165) is 24.9 Å². The van der Waals surface area contributed by atoms with E-state index in [4.69, 9.17) is 18.9 Å². The SMILES string of the molecule is COc1ccc(/C=C(\C)C(=O)c2cc(OC)c3c(c2)OCO3)cc1NC(=O)C1CCCN1. The molecule has 0 aromatic heterocycles. The van der Waals surface area contributed by atoms with Crippen LogP contribution in [-0.2, 0) is 4.79 Å². The van der Waals surface area contributed by atoms with Crippen molar-refractivity contribution in [3.8, 4) is 23.0 Å². The van der Waals surface area contributed by atoms with Gasteiger partial charge in [-0.2, -0.15) is 0 Å². The first kappa shape index (κ1) is 21.7. The van der Waals surface area contributed by atoms with Crippen molar-refractivity contribution in [1.82, 2.24) is 5.32 Å². The zero-order chi connectivity index (χ0) is 22.7. The molecule has 32 heavy (non-hydrogen) atoms. The zero-order valence-electron chi connectivity index (χ0n) is 18.3. The lowest BCUT2D eigenvalue weighted by Gasteiger charge is -2.14. The summed E-state index contributed by atoms with van der Waals surface area (Å²) in [6.07, 6.45) is 3.55. The van der Waals surface area contributed by atoms with Gasteiger partial charge in [0.05, 0.1) is 25.9 Å². The van der Waals surface area contributed by atoms with E-state index in [1.165, 1.54) is 7.11 Å². The number of fused-ring (bicyclic) bond motifs is 1. The first-order valence-electron chi connectivity index (χ1n) is 10.4. The largest absolute Gasteiger partial charge is 0.495 e. The number of carbonyl (C=O) groups excluding carboxylic acids is 2. The molecule has 0 bridgehead atoms. The molecular formula is C24H26N2O6. The molecule has 1 amide bonds. The van der Waals surface area contributed by atoms with Crippen LogP contribution in [0.5, 0.6) is 23.0 Å². The predicted octanol–water partition coefficient (Wildman–Crippen LogP) is 3.41. The number of amides is 1. The fourth-order valence-electron chi connectivity index (χ4n) is 3.85. The summed E-state index contributed by atoms with van der Waals surface area (Å²) in [5, 5.41) is 6.12. The van der Waals surface area contributed by atoms with E-state index in [0.29, 0.717) is 39.8 Å². The molecule has 0 spiro atoms. The summed E-state index contributed by atoms with van der Waals surface area (Å²) < 4.78 is 21.5. The number of ether oxygens (including phenoxy) is 4. The van der Waals surface area contributed by atoms with E-state index < -0.39 is 0 Å². The number of ketones is 1. The molecule has 0 saturated carbocycles. The second-order valence-electron chi connectivity index (χ2n) is 7.67. The Balaban J connectivity index is 1.57. The molecule has 4 rings (SSSR count). The van der Waals surface area contributed by atoms with Gasteiger partial charge in [-0.15, -0.1) is 0 Å². The second kappa shape index (κ2) is 9.32. The Labute approximate surface area is 186 Å².